The Labute approximate surface area is 194 Å². The number of carbonyl (C=O) groups excluding carboxylic acids is 2. The summed E-state index contributed by atoms with van der Waals surface area (Å²) in [7, 11) is 1.36. The van der Waals surface area contributed by atoms with Crippen LogP contribution in [0.3, 0.4) is 0 Å². The number of benzene rings is 1. The van der Waals surface area contributed by atoms with Crippen LogP contribution in [0.15, 0.2) is 33.1 Å². The molecule has 2 N–H and O–H groups in total. The standard InChI is InChI=1S/C19H19BrN4O5S2/c1-29-18(28)23-5-4-19(9-23)10-24(13-3-2-11(20)6-12(13)19)17(27)22-16-21-7-15(31-16)30-8-14(25)26/h2-3,6-7H,4-5,8-10H2,1H3,(H,25,26)(H,21,22,27). The molecule has 3 amide bonds. The number of thiazole rings is 1. The topological polar surface area (TPSA) is 112 Å². The zero-order valence-corrected chi connectivity index (χ0v) is 19.7. The maximum Gasteiger partial charge on any atom is 0.409 e. The van der Waals surface area contributed by atoms with Crippen LogP contribution >= 0.6 is 39.0 Å². The van der Waals surface area contributed by atoms with Crippen LogP contribution in [0.5, 0.6) is 0 Å². The molecule has 0 saturated carbocycles. The van der Waals surface area contributed by atoms with Crippen molar-refractivity contribution in [2.24, 2.45) is 0 Å². The van der Waals surface area contributed by atoms with E-state index >= 15 is 0 Å². The van der Waals surface area contributed by atoms with Gasteiger partial charge in [-0.1, -0.05) is 27.3 Å². The highest BCUT2D eigenvalue weighted by atomic mass is 79.9. The molecule has 1 atom stereocenters. The van der Waals surface area contributed by atoms with Crippen molar-refractivity contribution in [2.45, 2.75) is 16.0 Å². The first-order chi connectivity index (χ1) is 14.8. The van der Waals surface area contributed by atoms with Crippen molar-refractivity contribution in [3.05, 3.63) is 34.4 Å². The minimum absolute atomic E-state index is 0.0663. The van der Waals surface area contributed by atoms with E-state index in [1.165, 1.54) is 18.4 Å². The number of urea groups is 1. The SMILES string of the molecule is COC(=O)N1CCC2(C1)CN(C(=O)Nc1ncc(SCC(=O)O)s1)c1ccc(Br)cc12. The summed E-state index contributed by atoms with van der Waals surface area (Å²) in [6.45, 7) is 1.47. The van der Waals surface area contributed by atoms with E-state index in [4.69, 9.17) is 9.84 Å². The van der Waals surface area contributed by atoms with Gasteiger partial charge in [-0.05, 0) is 30.2 Å². The molecule has 2 aliphatic rings. The summed E-state index contributed by atoms with van der Waals surface area (Å²) >= 11 is 5.90. The largest absolute Gasteiger partial charge is 0.481 e. The van der Waals surface area contributed by atoms with Crippen molar-refractivity contribution in [3.8, 4) is 0 Å². The maximum atomic E-state index is 13.1. The Balaban J connectivity index is 1.54. The van der Waals surface area contributed by atoms with Gasteiger partial charge in [0.2, 0.25) is 0 Å². The fourth-order valence-corrected chi connectivity index (χ4v) is 5.95. The van der Waals surface area contributed by atoms with Gasteiger partial charge >= 0.3 is 18.1 Å². The van der Waals surface area contributed by atoms with E-state index in [2.05, 4.69) is 26.2 Å². The van der Waals surface area contributed by atoms with Crippen molar-refractivity contribution >= 4 is 67.9 Å². The number of thioether (sulfide) groups is 1. The van der Waals surface area contributed by atoms with Crippen LogP contribution in [0.2, 0.25) is 0 Å². The number of rotatable bonds is 4. The van der Waals surface area contributed by atoms with E-state index in [0.29, 0.717) is 29.0 Å². The quantitative estimate of drug-likeness (QED) is 0.581. The number of carboxylic acid groups (broad SMARTS) is 1. The first-order valence-electron chi connectivity index (χ1n) is 9.33. The molecule has 0 bridgehead atoms. The average molecular weight is 527 g/mol. The van der Waals surface area contributed by atoms with Gasteiger partial charge in [-0.15, -0.1) is 11.8 Å². The molecule has 1 fully saturated rings. The number of amides is 3. The lowest BCUT2D eigenvalue weighted by Gasteiger charge is -2.25. The number of likely N-dealkylation sites (tertiary alicyclic amines) is 1. The lowest BCUT2D eigenvalue weighted by molar-refractivity contribution is -0.133. The maximum absolute atomic E-state index is 13.1. The summed E-state index contributed by atoms with van der Waals surface area (Å²) in [5.41, 5.74) is 1.44. The third-order valence-corrected chi connectivity index (χ3v) is 7.93. The second-order valence-corrected chi connectivity index (χ2v) is 10.5. The van der Waals surface area contributed by atoms with E-state index < -0.39 is 5.97 Å². The van der Waals surface area contributed by atoms with Crippen molar-refractivity contribution in [3.63, 3.8) is 0 Å². The van der Waals surface area contributed by atoms with E-state index in [1.54, 1.807) is 16.0 Å². The molecule has 2 aliphatic heterocycles. The molecular formula is C19H19BrN4O5S2. The minimum atomic E-state index is -0.910. The number of hydrogen-bond acceptors (Lipinski definition) is 7. The molecular weight excluding hydrogens is 508 g/mol. The summed E-state index contributed by atoms with van der Waals surface area (Å²) in [5.74, 6) is -0.977. The highest BCUT2D eigenvalue weighted by Crippen LogP contribution is 2.47. The van der Waals surface area contributed by atoms with Crippen molar-refractivity contribution in [2.75, 3.05) is 42.7 Å². The smallest absolute Gasteiger partial charge is 0.409 e. The molecule has 1 saturated heterocycles. The van der Waals surface area contributed by atoms with Crippen molar-refractivity contribution in [1.29, 1.82) is 0 Å². The number of nitrogens with one attached hydrogen (secondary N) is 1. The van der Waals surface area contributed by atoms with E-state index in [9.17, 15) is 14.4 Å². The van der Waals surface area contributed by atoms with Gasteiger partial charge in [0.15, 0.2) is 5.13 Å². The Bertz CT molecular complexity index is 1050. The minimum Gasteiger partial charge on any atom is -0.481 e. The van der Waals surface area contributed by atoms with E-state index in [0.717, 1.165) is 33.9 Å². The molecule has 0 radical (unpaired) electrons. The van der Waals surface area contributed by atoms with Crippen molar-refractivity contribution in [1.82, 2.24) is 9.88 Å². The third kappa shape index (κ3) is 4.37. The van der Waals surface area contributed by atoms with Gasteiger partial charge in [-0.2, -0.15) is 0 Å². The number of ether oxygens (including phenoxy) is 1. The van der Waals surface area contributed by atoms with Crippen LogP contribution in [0.4, 0.5) is 20.4 Å². The van der Waals surface area contributed by atoms with Crippen LogP contribution < -0.4 is 10.2 Å². The van der Waals surface area contributed by atoms with Crippen LogP contribution in [-0.4, -0.2) is 65.6 Å². The summed E-state index contributed by atoms with van der Waals surface area (Å²) in [4.78, 5) is 43.4. The molecule has 1 aromatic carbocycles. The fraction of sp³-hybridized carbons (Fsp3) is 0.368. The zero-order chi connectivity index (χ0) is 22.2. The number of aliphatic carboxylic acids is 1. The number of carbonyl (C=O) groups is 3. The molecule has 12 heteroatoms. The number of methoxy groups -OCH3 is 1. The Kier molecular flexibility index (Phi) is 6.13. The molecule has 164 valence electrons. The van der Waals surface area contributed by atoms with Gasteiger partial charge < -0.3 is 14.7 Å². The molecule has 4 rings (SSSR count). The number of carboxylic acids is 1. The molecule has 1 unspecified atom stereocenters. The zero-order valence-electron chi connectivity index (χ0n) is 16.5. The third-order valence-electron chi connectivity index (χ3n) is 5.35. The predicted molar refractivity (Wildman–Crippen MR) is 121 cm³/mol. The van der Waals surface area contributed by atoms with Crippen molar-refractivity contribution < 1.29 is 24.2 Å². The fourth-order valence-electron chi connectivity index (χ4n) is 4.00. The molecule has 1 spiro atoms. The Hall–Kier alpha value is -2.31. The van der Waals surface area contributed by atoms with Gasteiger partial charge in [0.1, 0.15) is 0 Å². The molecule has 1 aromatic heterocycles. The first-order valence-corrected chi connectivity index (χ1v) is 11.9. The van der Waals surface area contributed by atoms with Gasteiger partial charge in [0, 0.05) is 35.2 Å². The summed E-state index contributed by atoms with van der Waals surface area (Å²) < 4.78 is 6.50. The average Bonchev–Trinajstić information content (AvgIpc) is 3.45. The van der Waals surface area contributed by atoms with Crippen LogP contribution in [0, 0.1) is 0 Å². The lowest BCUT2D eigenvalue weighted by Crippen LogP contribution is -2.41. The highest BCUT2D eigenvalue weighted by Gasteiger charge is 2.50. The van der Waals surface area contributed by atoms with E-state index in [-0.39, 0.29) is 23.3 Å². The number of nitrogens with zero attached hydrogens (tertiary/aromatic N) is 3. The summed E-state index contributed by atoms with van der Waals surface area (Å²) in [5, 5.41) is 12.0. The van der Waals surface area contributed by atoms with Crippen LogP contribution in [0.25, 0.3) is 0 Å². The Morgan fingerprint density at radius 3 is 2.94 bits per heavy atom. The number of halogens is 1. The second kappa shape index (κ2) is 8.67. The molecule has 2 aromatic rings. The predicted octanol–water partition coefficient (Wildman–Crippen LogP) is 3.84. The summed E-state index contributed by atoms with van der Waals surface area (Å²) in [6.07, 6.45) is 1.91. The number of fused-ring (bicyclic) bond motifs is 2. The van der Waals surface area contributed by atoms with E-state index in [1.807, 2.05) is 18.2 Å². The summed E-state index contributed by atoms with van der Waals surface area (Å²) in [6, 6.07) is 5.47. The molecule has 9 nitrogen and oxygen atoms in total. The van der Waals surface area contributed by atoms with Gasteiger partial charge in [0.25, 0.3) is 0 Å². The first kappa shape index (κ1) is 21.9. The molecule has 31 heavy (non-hydrogen) atoms. The Morgan fingerprint density at radius 2 is 2.19 bits per heavy atom. The van der Waals surface area contributed by atoms with Crippen LogP contribution in [-0.2, 0) is 14.9 Å². The lowest BCUT2D eigenvalue weighted by atomic mass is 9.82. The molecule has 0 aliphatic carbocycles. The normalized spacial score (nSPS) is 19.5. The number of anilines is 2. The molecule has 3 heterocycles. The number of aromatic nitrogens is 1. The van der Waals surface area contributed by atoms with Gasteiger partial charge in [-0.3, -0.25) is 15.0 Å². The number of hydrogen-bond donors (Lipinski definition) is 2. The van der Waals surface area contributed by atoms with Gasteiger partial charge in [-0.25, -0.2) is 14.6 Å². The monoisotopic (exact) mass is 526 g/mol. The second-order valence-electron chi connectivity index (χ2n) is 7.27. The van der Waals surface area contributed by atoms with Crippen LogP contribution in [0.1, 0.15) is 12.0 Å². The highest BCUT2D eigenvalue weighted by molar-refractivity contribution is 9.10. The van der Waals surface area contributed by atoms with Gasteiger partial charge in [0.05, 0.1) is 23.3 Å². The Morgan fingerprint density at radius 1 is 1.39 bits per heavy atom.